The van der Waals surface area contributed by atoms with E-state index in [-0.39, 0.29) is 0 Å². The van der Waals surface area contributed by atoms with E-state index in [0.29, 0.717) is 0 Å². The normalized spacial score (nSPS) is 12.1. The van der Waals surface area contributed by atoms with Crippen LogP contribution in [-0.4, -0.2) is 4.57 Å². The van der Waals surface area contributed by atoms with E-state index in [1.54, 1.807) is 0 Å². The van der Waals surface area contributed by atoms with Crippen LogP contribution in [0.15, 0.2) is 176 Å². The first-order valence-electron chi connectivity index (χ1n) is 17.0. The van der Waals surface area contributed by atoms with Crippen molar-refractivity contribution in [3.05, 3.63) is 176 Å². The van der Waals surface area contributed by atoms with Gasteiger partial charge in [-0.3, -0.25) is 0 Å². The first kappa shape index (κ1) is 26.6. The summed E-state index contributed by atoms with van der Waals surface area (Å²) in [5.74, 6) is 0. The van der Waals surface area contributed by atoms with Crippen molar-refractivity contribution in [1.82, 2.24) is 4.57 Å². The summed E-state index contributed by atoms with van der Waals surface area (Å²) in [4.78, 5) is 0. The molecule has 10 aromatic carbocycles. The standard InChI is InChI=1S/C48H29N/c1-2-15-38(16-3-1)49-44-29-35(34-22-20-30-10-4-6-12-32(30)26-34)24-25-40(44)47-41-18-8-14-37-28-43(36-23-21-31-11-5-7-13-33(31)27-36)39-17-9-19-42(48(47)49)46(39)45(37)41/h1-29H. The molecule has 1 nitrogen and oxygen atoms in total. The van der Waals surface area contributed by atoms with Crippen molar-refractivity contribution in [2.45, 2.75) is 0 Å². The Kier molecular flexibility index (Phi) is 5.45. The average Bonchev–Trinajstić information content (AvgIpc) is 3.52. The van der Waals surface area contributed by atoms with Crippen molar-refractivity contribution >= 4 is 75.7 Å². The molecule has 0 saturated carbocycles. The molecule has 0 atom stereocenters. The Balaban J connectivity index is 1.29. The number of nitrogens with zero attached hydrogens (tertiary/aromatic N) is 1. The molecule has 0 saturated heterocycles. The number of fused-ring (bicyclic) bond motifs is 7. The number of para-hydroxylation sites is 1. The molecule has 0 fully saturated rings. The number of benzene rings is 10. The van der Waals surface area contributed by atoms with Crippen LogP contribution in [0, 0.1) is 0 Å². The summed E-state index contributed by atoms with van der Waals surface area (Å²) in [6, 6.07) is 65.1. The van der Waals surface area contributed by atoms with E-state index in [0.717, 1.165) is 0 Å². The number of hydrogen-bond donors (Lipinski definition) is 0. The van der Waals surface area contributed by atoms with Gasteiger partial charge in [-0.05, 0) is 102 Å². The van der Waals surface area contributed by atoms with Crippen LogP contribution in [0.5, 0.6) is 0 Å². The van der Waals surface area contributed by atoms with Crippen molar-refractivity contribution in [1.29, 1.82) is 0 Å². The first-order valence-corrected chi connectivity index (χ1v) is 17.0. The Labute approximate surface area is 283 Å². The van der Waals surface area contributed by atoms with Crippen molar-refractivity contribution in [3.63, 3.8) is 0 Å². The molecule has 0 radical (unpaired) electrons. The summed E-state index contributed by atoms with van der Waals surface area (Å²) < 4.78 is 2.51. The molecule has 1 heteroatoms. The topological polar surface area (TPSA) is 4.93 Å². The van der Waals surface area contributed by atoms with Gasteiger partial charge in [0.05, 0.1) is 11.0 Å². The summed E-state index contributed by atoms with van der Waals surface area (Å²) >= 11 is 0. The van der Waals surface area contributed by atoms with E-state index < -0.39 is 0 Å². The molecule has 0 amide bonds. The minimum absolute atomic E-state index is 1.17. The number of aromatic nitrogens is 1. The Morgan fingerprint density at radius 1 is 0.306 bits per heavy atom. The highest BCUT2D eigenvalue weighted by Gasteiger charge is 2.23. The zero-order valence-electron chi connectivity index (χ0n) is 26.7. The molecule has 0 aliphatic heterocycles. The smallest absolute Gasteiger partial charge is 0.0626 e. The molecular formula is C48H29N. The predicted octanol–water partition coefficient (Wildman–Crippen LogP) is 13.3. The lowest BCUT2D eigenvalue weighted by molar-refractivity contribution is 1.19. The van der Waals surface area contributed by atoms with Crippen LogP contribution in [0.1, 0.15) is 0 Å². The Morgan fingerprint density at radius 3 is 1.69 bits per heavy atom. The summed E-state index contributed by atoms with van der Waals surface area (Å²) in [6.45, 7) is 0. The van der Waals surface area contributed by atoms with Gasteiger partial charge in [0, 0.05) is 27.2 Å². The summed E-state index contributed by atoms with van der Waals surface area (Å²) in [5, 5.41) is 15.5. The van der Waals surface area contributed by atoms with E-state index in [1.165, 1.54) is 104 Å². The minimum atomic E-state index is 1.17. The molecule has 0 aliphatic carbocycles. The molecule has 0 N–H and O–H groups in total. The molecule has 0 spiro atoms. The van der Waals surface area contributed by atoms with Gasteiger partial charge in [0.2, 0.25) is 0 Å². The van der Waals surface area contributed by atoms with Gasteiger partial charge in [0.1, 0.15) is 0 Å². The van der Waals surface area contributed by atoms with E-state index in [1.807, 2.05) is 0 Å². The molecule has 0 unspecified atom stereocenters. The van der Waals surface area contributed by atoms with Gasteiger partial charge in [-0.1, -0.05) is 140 Å². The van der Waals surface area contributed by atoms with Crippen LogP contribution in [0.25, 0.3) is 104 Å². The van der Waals surface area contributed by atoms with Gasteiger partial charge in [-0.25, -0.2) is 0 Å². The lowest BCUT2D eigenvalue weighted by Crippen LogP contribution is -1.96. The molecule has 226 valence electrons. The van der Waals surface area contributed by atoms with Gasteiger partial charge >= 0.3 is 0 Å². The Bertz CT molecular complexity index is 3090. The van der Waals surface area contributed by atoms with Crippen LogP contribution in [-0.2, 0) is 0 Å². The van der Waals surface area contributed by atoms with E-state index in [4.69, 9.17) is 0 Å². The van der Waals surface area contributed by atoms with E-state index in [9.17, 15) is 0 Å². The molecule has 49 heavy (non-hydrogen) atoms. The lowest BCUT2D eigenvalue weighted by Gasteiger charge is -2.18. The molecule has 0 aliphatic rings. The molecule has 1 aromatic heterocycles. The highest BCUT2D eigenvalue weighted by atomic mass is 15.0. The van der Waals surface area contributed by atoms with E-state index >= 15 is 0 Å². The minimum Gasteiger partial charge on any atom is -0.309 e. The fourth-order valence-corrected chi connectivity index (χ4v) is 8.46. The van der Waals surface area contributed by atoms with E-state index in [2.05, 4.69) is 180 Å². The summed E-state index contributed by atoms with van der Waals surface area (Å²) in [6.07, 6.45) is 0. The van der Waals surface area contributed by atoms with Crippen LogP contribution >= 0.6 is 0 Å². The largest absolute Gasteiger partial charge is 0.309 e. The Hall–Kier alpha value is -6.44. The van der Waals surface area contributed by atoms with Gasteiger partial charge in [0.25, 0.3) is 0 Å². The van der Waals surface area contributed by atoms with Crippen molar-refractivity contribution < 1.29 is 0 Å². The third kappa shape index (κ3) is 3.82. The third-order valence-electron chi connectivity index (χ3n) is 10.7. The lowest BCUT2D eigenvalue weighted by atomic mass is 9.86. The maximum Gasteiger partial charge on any atom is 0.0626 e. The van der Waals surface area contributed by atoms with Crippen LogP contribution in [0.2, 0.25) is 0 Å². The zero-order valence-corrected chi connectivity index (χ0v) is 26.7. The number of rotatable bonds is 3. The monoisotopic (exact) mass is 619 g/mol. The molecule has 11 rings (SSSR count). The maximum atomic E-state index is 2.51. The summed E-state index contributed by atoms with van der Waals surface area (Å²) in [7, 11) is 0. The molecule has 11 aromatic rings. The highest BCUT2D eigenvalue weighted by Crippen LogP contribution is 2.48. The quantitative estimate of drug-likeness (QED) is 0.173. The number of hydrogen-bond acceptors (Lipinski definition) is 0. The van der Waals surface area contributed by atoms with Gasteiger partial charge in [-0.2, -0.15) is 0 Å². The zero-order chi connectivity index (χ0) is 32.1. The maximum absolute atomic E-state index is 2.51. The van der Waals surface area contributed by atoms with Crippen molar-refractivity contribution in [3.8, 4) is 27.9 Å². The predicted molar refractivity (Wildman–Crippen MR) is 210 cm³/mol. The fraction of sp³-hybridized carbons (Fsp3) is 0. The van der Waals surface area contributed by atoms with Crippen molar-refractivity contribution in [2.75, 3.05) is 0 Å². The Morgan fingerprint density at radius 2 is 0.898 bits per heavy atom. The molecule has 0 bridgehead atoms. The first-order chi connectivity index (χ1) is 24.3. The second-order valence-corrected chi connectivity index (χ2v) is 13.3. The average molecular weight is 620 g/mol. The SMILES string of the molecule is c1ccc(-n2c3cc(-c4ccc5ccccc5c4)ccc3c3c4cccc5cc(-c6ccc7ccccc7c6)c6cccc(c6c54)c32)cc1. The highest BCUT2D eigenvalue weighted by molar-refractivity contribution is 6.39. The van der Waals surface area contributed by atoms with Gasteiger partial charge in [-0.15, -0.1) is 0 Å². The second kappa shape index (κ2) is 10.0. The fourth-order valence-electron chi connectivity index (χ4n) is 8.46. The van der Waals surface area contributed by atoms with Gasteiger partial charge in [0.15, 0.2) is 0 Å². The molecule has 1 heterocycles. The van der Waals surface area contributed by atoms with Crippen LogP contribution in [0.4, 0.5) is 0 Å². The van der Waals surface area contributed by atoms with Crippen molar-refractivity contribution in [2.24, 2.45) is 0 Å². The van der Waals surface area contributed by atoms with Gasteiger partial charge < -0.3 is 4.57 Å². The van der Waals surface area contributed by atoms with Crippen LogP contribution in [0.3, 0.4) is 0 Å². The van der Waals surface area contributed by atoms with Crippen LogP contribution < -0.4 is 0 Å². The second-order valence-electron chi connectivity index (χ2n) is 13.3. The summed E-state index contributed by atoms with van der Waals surface area (Å²) in [5.41, 5.74) is 8.62. The third-order valence-corrected chi connectivity index (χ3v) is 10.7. The molecular weight excluding hydrogens is 591 g/mol.